The summed E-state index contributed by atoms with van der Waals surface area (Å²) in [5, 5.41) is 2.78. The average molecular weight is 306 g/mol. The third-order valence-corrected chi connectivity index (χ3v) is 3.60. The van der Waals surface area contributed by atoms with Gasteiger partial charge in [0.2, 0.25) is 5.91 Å². The number of para-hydroxylation sites is 1. The molecule has 0 spiro atoms. The second kappa shape index (κ2) is 6.53. The van der Waals surface area contributed by atoms with Gasteiger partial charge < -0.3 is 20.9 Å². The van der Waals surface area contributed by atoms with Crippen LogP contribution >= 0.6 is 12.2 Å². The van der Waals surface area contributed by atoms with Gasteiger partial charge in [0.25, 0.3) is 0 Å². The second-order valence-electron chi connectivity index (χ2n) is 4.90. The number of urea groups is 1. The van der Waals surface area contributed by atoms with Crippen LogP contribution in [0.15, 0.2) is 24.3 Å². The summed E-state index contributed by atoms with van der Waals surface area (Å²) >= 11 is 4.95. The van der Waals surface area contributed by atoms with Crippen molar-refractivity contribution in [3.8, 4) is 0 Å². The van der Waals surface area contributed by atoms with Gasteiger partial charge in [0.15, 0.2) is 0 Å². The van der Waals surface area contributed by atoms with Crippen LogP contribution in [-0.4, -0.2) is 53.4 Å². The van der Waals surface area contributed by atoms with Crippen LogP contribution in [0.5, 0.6) is 0 Å². The molecule has 1 aromatic rings. The van der Waals surface area contributed by atoms with Crippen LogP contribution in [0.3, 0.4) is 0 Å². The summed E-state index contributed by atoms with van der Waals surface area (Å²) in [6, 6.07) is 7.09. The lowest BCUT2D eigenvalue weighted by Gasteiger charge is -2.16. The maximum absolute atomic E-state index is 12.0. The molecule has 0 bridgehead atoms. The molecular formula is C14H18N4O2S. The van der Waals surface area contributed by atoms with E-state index in [4.69, 9.17) is 18.0 Å². The number of benzene rings is 1. The van der Waals surface area contributed by atoms with Crippen LogP contribution in [-0.2, 0) is 4.79 Å². The van der Waals surface area contributed by atoms with Gasteiger partial charge in [-0.15, -0.1) is 0 Å². The Hall–Kier alpha value is -2.15. The highest BCUT2D eigenvalue weighted by Gasteiger charge is 2.25. The Kier molecular flexibility index (Phi) is 4.74. The van der Waals surface area contributed by atoms with Gasteiger partial charge in [-0.05, 0) is 12.1 Å². The van der Waals surface area contributed by atoms with Gasteiger partial charge in [0.1, 0.15) is 4.99 Å². The molecule has 0 aliphatic carbocycles. The normalized spacial score (nSPS) is 14.4. The molecule has 3 N–H and O–H groups in total. The number of rotatable bonds is 5. The van der Waals surface area contributed by atoms with Gasteiger partial charge in [-0.3, -0.25) is 4.79 Å². The number of nitrogens with zero attached hydrogens (tertiary/aromatic N) is 2. The van der Waals surface area contributed by atoms with Crippen LogP contribution in [0, 0.1) is 0 Å². The lowest BCUT2D eigenvalue weighted by atomic mass is 10.1. The predicted octanol–water partition coefficient (Wildman–Crippen LogP) is 1.02. The fraction of sp³-hybridized carbons (Fsp3) is 0.357. The van der Waals surface area contributed by atoms with Crippen molar-refractivity contribution in [1.82, 2.24) is 9.80 Å². The first kappa shape index (κ1) is 15.2. The van der Waals surface area contributed by atoms with E-state index in [1.807, 2.05) is 6.07 Å². The molecule has 0 atom stereocenters. The minimum absolute atomic E-state index is 0.0358. The number of carbonyl (C=O) groups excluding carboxylic acids is 2. The van der Waals surface area contributed by atoms with E-state index < -0.39 is 0 Å². The average Bonchev–Trinajstić information content (AvgIpc) is 2.77. The molecule has 0 radical (unpaired) electrons. The number of likely N-dealkylation sites (N-methyl/N-ethyl adjacent to an activating group) is 1. The molecule has 7 heteroatoms. The lowest BCUT2D eigenvalue weighted by molar-refractivity contribution is -0.116. The molecule has 0 unspecified atom stereocenters. The molecule has 1 saturated heterocycles. The molecule has 1 fully saturated rings. The summed E-state index contributed by atoms with van der Waals surface area (Å²) in [6.07, 6.45) is 0.241. The van der Waals surface area contributed by atoms with E-state index in [1.54, 1.807) is 35.0 Å². The largest absolute Gasteiger partial charge is 0.389 e. The molecule has 2 rings (SSSR count). The third kappa shape index (κ3) is 3.69. The minimum Gasteiger partial charge on any atom is -0.389 e. The highest BCUT2D eigenvalue weighted by molar-refractivity contribution is 7.80. The number of nitrogens with one attached hydrogen (secondary N) is 1. The monoisotopic (exact) mass is 306 g/mol. The van der Waals surface area contributed by atoms with Crippen molar-refractivity contribution in [1.29, 1.82) is 0 Å². The number of thiocarbonyl (C=S) groups is 1. The fourth-order valence-electron chi connectivity index (χ4n) is 2.17. The molecule has 0 aromatic heterocycles. The quantitative estimate of drug-likeness (QED) is 0.796. The van der Waals surface area contributed by atoms with Crippen LogP contribution in [0.4, 0.5) is 10.5 Å². The Morgan fingerprint density at radius 2 is 2.10 bits per heavy atom. The first-order valence-corrected chi connectivity index (χ1v) is 7.08. The Bertz CT molecular complexity index is 576. The van der Waals surface area contributed by atoms with Crippen LogP contribution in [0.1, 0.15) is 12.0 Å². The Morgan fingerprint density at radius 1 is 1.38 bits per heavy atom. The van der Waals surface area contributed by atoms with E-state index in [2.05, 4.69) is 5.32 Å². The van der Waals surface area contributed by atoms with Crippen LogP contribution < -0.4 is 11.1 Å². The van der Waals surface area contributed by atoms with Gasteiger partial charge in [0.05, 0.1) is 5.69 Å². The fourth-order valence-corrected chi connectivity index (χ4v) is 2.35. The molecule has 1 heterocycles. The van der Waals surface area contributed by atoms with E-state index in [0.29, 0.717) is 30.9 Å². The first-order valence-electron chi connectivity index (χ1n) is 6.68. The summed E-state index contributed by atoms with van der Waals surface area (Å²) < 4.78 is 0. The topological polar surface area (TPSA) is 78.7 Å². The SMILES string of the molecule is CN1CCN(CCC(=O)Nc2ccccc2C(N)=S)C1=O. The number of carbonyl (C=O) groups is 2. The minimum atomic E-state index is -0.166. The highest BCUT2D eigenvalue weighted by atomic mass is 32.1. The van der Waals surface area contributed by atoms with Gasteiger partial charge in [-0.2, -0.15) is 0 Å². The maximum Gasteiger partial charge on any atom is 0.319 e. The van der Waals surface area contributed by atoms with Crippen LogP contribution in [0.2, 0.25) is 0 Å². The van der Waals surface area contributed by atoms with Gasteiger partial charge >= 0.3 is 6.03 Å². The number of nitrogens with two attached hydrogens (primary N) is 1. The smallest absolute Gasteiger partial charge is 0.319 e. The first-order chi connectivity index (χ1) is 9.99. The molecule has 112 valence electrons. The van der Waals surface area contributed by atoms with Crippen molar-refractivity contribution in [2.75, 3.05) is 32.0 Å². The number of amides is 3. The summed E-state index contributed by atoms with van der Waals surface area (Å²) in [5.41, 5.74) is 6.85. The van der Waals surface area contributed by atoms with Crippen molar-refractivity contribution >= 4 is 34.8 Å². The lowest BCUT2D eigenvalue weighted by Crippen LogP contribution is -2.32. The van der Waals surface area contributed by atoms with E-state index in [0.717, 1.165) is 0 Å². The van der Waals surface area contributed by atoms with Crippen molar-refractivity contribution in [2.45, 2.75) is 6.42 Å². The van der Waals surface area contributed by atoms with Gasteiger partial charge in [-0.1, -0.05) is 24.4 Å². The molecule has 0 saturated carbocycles. The zero-order valence-electron chi connectivity index (χ0n) is 11.8. The zero-order valence-corrected chi connectivity index (χ0v) is 12.7. The summed E-state index contributed by atoms with van der Waals surface area (Å²) in [4.78, 5) is 27.2. The summed E-state index contributed by atoms with van der Waals surface area (Å²) in [5.74, 6) is -0.166. The molecular weight excluding hydrogens is 288 g/mol. The Balaban J connectivity index is 1.91. The number of hydrogen-bond acceptors (Lipinski definition) is 3. The van der Waals surface area contributed by atoms with E-state index >= 15 is 0 Å². The molecule has 6 nitrogen and oxygen atoms in total. The highest BCUT2D eigenvalue weighted by Crippen LogP contribution is 2.15. The van der Waals surface area contributed by atoms with E-state index in [-0.39, 0.29) is 23.3 Å². The third-order valence-electron chi connectivity index (χ3n) is 3.38. The van der Waals surface area contributed by atoms with Crippen molar-refractivity contribution in [2.24, 2.45) is 5.73 Å². The Morgan fingerprint density at radius 3 is 2.71 bits per heavy atom. The predicted molar refractivity (Wildman–Crippen MR) is 85.2 cm³/mol. The molecule has 3 amide bonds. The molecule has 1 aliphatic rings. The second-order valence-corrected chi connectivity index (χ2v) is 5.34. The summed E-state index contributed by atoms with van der Waals surface area (Å²) in [7, 11) is 1.75. The molecule has 21 heavy (non-hydrogen) atoms. The standard InChI is InChI=1S/C14H18N4O2S/c1-17-8-9-18(14(17)20)7-6-12(19)16-11-5-3-2-4-10(11)13(15)21/h2-5H,6-9H2,1H3,(H2,15,21)(H,16,19). The van der Waals surface area contributed by atoms with Crippen molar-refractivity contribution < 1.29 is 9.59 Å². The molecule has 1 aliphatic heterocycles. The van der Waals surface area contributed by atoms with Crippen molar-refractivity contribution in [3.63, 3.8) is 0 Å². The number of anilines is 1. The van der Waals surface area contributed by atoms with Crippen molar-refractivity contribution in [3.05, 3.63) is 29.8 Å². The zero-order chi connectivity index (χ0) is 15.4. The van der Waals surface area contributed by atoms with Gasteiger partial charge in [0, 0.05) is 38.7 Å². The van der Waals surface area contributed by atoms with Gasteiger partial charge in [-0.25, -0.2) is 4.79 Å². The maximum atomic E-state index is 12.0. The number of hydrogen-bond donors (Lipinski definition) is 2. The van der Waals surface area contributed by atoms with E-state index in [1.165, 1.54) is 0 Å². The molecule has 1 aromatic carbocycles. The Labute approximate surface area is 128 Å². The van der Waals surface area contributed by atoms with E-state index in [9.17, 15) is 9.59 Å². The van der Waals surface area contributed by atoms with Crippen LogP contribution in [0.25, 0.3) is 0 Å². The summed E-state index contributed by atoms with van der Waals surface area (Å²) in [6.45, 7) is 1.76.